The molecule has 1 aliphatic heterocycles. The number of benzene rings is 1. The van der Waals surface area contributed by atoms with E-state index in [4.69, 9.17) is 4.74 Å². The summed E-state index contributed by atoms with van der Waals surface area (Å²) in [5.74, 6) is -1.00. The van der Waals surface area contributed by atoms with E-state index in [1.54, 1.807) is 21.9 Å². The quantitative estimate of drug-likeness (QED) is 0.859. The van der Waals surface area contributed by atoms with Gasteiger partial charge < -0.3 is 19.3 Å². The van der Waals surface area contributed by atoms with Crippen LogP contribution in [0.15, 0.2) is 49.1 Å². The molecule has 1 aromatic heterocycles. The summed E-state index contributed by atoms with van der Waals surface area (Å²) in [5.41, 5.74) is -0.0167. The van der Waals surface area contributed by atoms with Crippen molar-refractivity contribution in [2.45, 2.75) is 25.0 Å². The van der Waals surface area contributed by atoms with Crippen molar-refractivity contribution in [1.82, 2.24) is 14.5 Å². The number of carbonyl (C=O) groups is 2. The second-order valence-electron chi connectivity index (χ2n) is 6.17. The molecule has 0 aliphatic carbocycles. The molecule has 0 radical (unpaired) electrons. The predicted octanol–water partition coefficient (Wildman–Crippen LogP) is 1.50. The van der Waals surface area contributed by atoms with Gasteiger partial charge in [-0.05, 0) is 18.4 Å². The third kappa shape index (κ3) is 3.71. The molecular weight excluding hydrogens is 322 g/mol. The second kappa shape index (κ2) is 7.48. The maximum Gasteiger partial charge on any atom is 0.330 e. The maximum absolute atomic E-state index is 12.3. The zero-order valence-corrected chi connectivity index (χ0v) is 13.9. The summed E-state index contributed by atoms with van der Waals surface area (Å²) in [6.45, 7) is 1.16. The molecule has 0 atom stereocenters. The molecule has 7 heteroatoms. The van der Waals surface area contributed by atoms with Crippen LogP contribution in [0.2, 0.25) is 0 Å². The Bertz CT molecular complexity index is 707. The molecule has 1 aromatic carbocycles. The van der Waals surface area contributed by atoms with E-state index in [1.165, 1.54) is 6.33 Å². The molecule has 0 bridgehead atoms. The largest absolute Gasteiger partial charge is 0.479 e. The number of carboxylic acid groups (broad SMARTS) is 1. The van der Waals surface area contributed by atoms with Crippen molar-refractivity contribution in [2.75, 3.05) is 19.7 Å². The summed E-state index contributed by atoms with van der Waals surface area (Å²) < 4.78 is 7.11. The lowest BCUT2D eigenvalue weighted by Crippen LogP contribution is -2.52. The number of aliphatic carboxylic acids is 1. The zero-order valence-electron chi connectivity index (χ0n) is 13.9. The summed E-state index contributed by atoms with van der Waals surface area (Å²) in [5, 5.41) is 9.68. The highest BCUT2D eigenvalue weighted by molar-refractivity contribution is 5.80. The Morgan fingerprint density at radius 2 is 1.92 bits per heavy atom. The maximum atomic E-state index is 12.3. The van der Waals surface area contributed by atoms with E-state index in [-0.39, 0.29) is 12.5 Å². The fraction of sp³-hybridized carbons (Fsp3) is 0.389. The van der Waals surface area contributed by atoms with E-state index in [0.29, 0.717) is 32.5 Å². The Morgan fingerprint density at radius 1 is 1.20 bits per heavy atom. The number of nitrogens with zero attached hydrogens (tertiary/aromatic N) is 3. The lowest BCUT2D eigenvalue weighted by molar-refractivity contribution is -0.153. The Balaban J connectivity index is 1.53. The summed E-state index contributed by atoms with van der Waals surface area (Å²) >= 11 is 0. The van der Waals surface area contributed by atoms with Gasteiger partial charge in [-0.2, -0.15) is 0 Å². The zero-order chi connectivity index (χ0) is 17.7. The fourth-order valence-corrected chi connectivity index (χ4v) is 3.14. The minimum absolute atomic E-state index is 0.0000408. The van der Waals surface area contributed by atoms with Crippen molar-refractivity contribution in [3.8, 4) is 0 Å². The van der Waals surface area contributed by atoms with Crippen LogP contribution >= 0.6 is 0 Å². The summed E-state index contributed by atoms with van der Waals surface area (Å²) in [6.07, 6.45) is 5.45. The van der Waals surface area contributed by atoms with Gasteiger partial charge in [-0.1, -0.05) is 30.3 Å². The number of ether oxygens (including phenoxy) is 1. The first-order valence-corrected chi connectivity index (χ1v) is 8.23. The lowest BCUT2D eigenvalue weighted by atomic mass is 9.87. The number of rotatable bonds is 6. The number of carboxylic acids is 1. The number of hydrogen-bond donors (Lipinski definition) is 1. The molecule has 7 nitrogen and oxygen atoms in total. The van der Waals surface area contributed by atoms with E-state index < -0.39 is 11.5 Å². The van der Waals surface area contributed by atoms with Crippen molar-refractivity contribution in [2.24, 2.45) is 0 Å². The summed E-state index contributed by atoms with van der Waals surface area (Å²) in [4.78, 5) is 29.7. The van der Waals surface area contributed by atoms with Crippen LogP contribution in [0.3, 0.4) is 0 Å². The number of piperidine rings is 1. The van der Waals surface area contributed by atoms with Crippen molar-refractivity contribution in [3.63, 3.8) is 0 Å². The first kappa shape index (κ1) is 17.2. The van der Waals surface area contributed by atoms with E-state index in [1.807, 2.05) is 30.3 Å². The van der Waals surface area contributed by atoms with Crippen molar-refractivity contribution in [3.05, 3.63) is 54.6 Å². The number of aromatic nitrogens is 2. The minimum Gasteiger partial charge on any atom is -0.479 e. The Kier molecular flexibility index (Phi) is 5.14. The molecule has 2 heterocycles. The average Bonchev–Trinajstić information content (AvgIpc) is 3.17. The first-order chi connectivity index (χ1) is 12.1. The highest BCUT2D eigenvalue weighted by atomic mass is 16.5. The molecule has 0 unspecified atom stereocenters. The summed E-state index contributed by atoms with van der Waals surface area (Å²) in [6, 6.07) is 9.66. The van der Waals surface area contributed by atoms with Crippen molar-refractivity contribution >= 4 is 11.9 Å². The SMILES string of the molecule is O=C(COCc1ccccc1)N1CCC(C(=O)O)(n2ccnc2)CC1. The van der Waals surface area contributed by atoms with E-state index in [0.717, 1.165) is 5.56 Å². The number of likely N-dealkylation sites (tertiary alicyclic amines) is 1. The smallest absolute Gasteiger partial charge is 0.330 e. The van der Waals surface area contributed by atoms with Gasteiger partial charge >= 0.3 is 5.97 Å². The van der Waals surface area contributed by atoms with Gasteiger partial charge in [0, 0.05) is 25.5 Å². The molecule has 25 heavy (non-hydrogen) atoms. The topological polar surface area (TPSA) is 84.7 Å². The van der Waals surface area contributed by atoms with Crippen LogP contribution in [-0.2, 0) is 26.5 Å². The van der Waals surface area contributed by atoms with Crippen molar-refractivity contribution in [1.29, 1.82) is 0 Å². The molecule has 2 aromatic rings. The van der Waals surface area contributed by atoms with Gasteiger partial charge in [-0.3, -0.25) is 4.79 Å². The van der Waals surface area contributed by atoms with Crippen LogP contribution in [0.25, 0.3) is 0 Å². The number of hydrogen-bond acceptors (Lipinski definition) is 4. The number of amides is 1. The highest BCUT2D eigenvalue weighted by Gasteiger charge is 2.43. The predicted molar refractivity (Wildman–Crippen MR) is 89.7 cm³/mol. The average molecular weight is 343 g/mol. The monoisotopic (exact) mass is 343 g/mol. The van der Waals surface area contributed by atoms with Crippen LogP contribution in [0, 0.1) is 0 Å². The van der Waals surface area contributed by atoms with Gasteiger partial charge in [0.1, 0.15) is 12.1 Å². The normalized spacial score (nSPS) is 16.6. The second-order valence-corrected chi connectivity index (χ2v) is 6.17. The molecule has 1 N–H and O–H groups in total. The van der Waals surface area contributed by atoms with Gasteiger partial charge in [0.2, 0.25) is 5.91 Å². The molecular formula is C18H21N3O4. The first-order valence-electron chi connectivity index (χ1n) is 8.23. The van der Waals surface area contributed by atoms with Crippen LogP contribution < -0.4 is 0 Å². The molecule has 1 saturated heterocycles. The van der Waals surface area contributed by atoms with E-state index >= 15 is 0 Å². The van der Waals surface area contributed by atoms with Gasteiger partial charge in [-0.25, -0.2) is 9.78 Å². The fourth-order valence-electron chi connectivity index (χ4n) is 3.14. The van der Waals surface area contributed by atoms with E-state index in [9.17, 15) is 14.7 Å². The number of carbonyl (C=O) groups excluding carboxylic acids is 1. The molecule has 1 amide bonds. The van der Waals surface area contributed by atoms with Gasteiger partial charge in [0.05, 0.1) is 12.9 Å². The molecule has 1 fully saturated rings. The Morgan fingerprint density at radius 3 is 2.52 bits per heavy atom. The molecule has 3 rings (SSSR count). The summed E-state index contributed by atoms with van der Waals surface area (Å²) in [7, 11) is 0. The highest BCUT2D eigenvalue weighted by Crippen LogP contribution is 2.30. The minimum atomic E-state index is -1.03. The van der Waals surface area contributed by atoms with Crippen LogP contribution in [0.4, 0.5) is 0 Å². The third-order valence-electron chi connectivity index (χ3n) is 4.68. The van der Waals surface area contributed by atoms with E-state index in [2.05, 4.69) is 4.98 Å². The Hall–Kier alpha value is -2.67. The number of imidazole rings is 1. The standard InChI is InChI=1S/C18H21N3O4/c22-16(13-25-12-15-4-2-1-3-5-15)20-9-6-18(7-10-20,17(23)24)21-11-8-19-14-21/h1-5,8,11,14H,6-7,9-10,12-13H2,(H,23,24). The Labute approximate surface area is 145 Å². The molecule has 1 aliphatic rings. The third-order valence-corrected chi connectivity index (χ3v) is 4.68. The van der Waals surface area contributed by atoms with Crippen LogP contribution in [0.5, 0.6) is 0 Å². The molecule has 0 saturated carbocycles. The van der Waals surface area contributed by atoms with Gasteiger partial charge in [-0.15, -0.1) is 0 Å². The lowest BCUT2D eigenvalue weighted by Gasteiger charge is -2.39. The molecule has 132 valence electrons. The van der Waals surface area contributed by atoms with Gasteiger partial charge in [0.15, 0.2) is 0 Å². The van der Waals surface area contributed by atoms with Gasteiger partial charge in [0.25, 0.3) is 0 Å². The van der Waals surface area contributed by atoms with Crippen LogP contribution in [0.1, 0.15) is 18.4 Å². The van der Waals surface area contributed by atoms with Crippen LogP contribution in [-0.4, -0.2) is 51.1 Å². The van der Waals surface area contributed by atoms with Crippen molar-refractivity contribution < 1.29 is 19.4 Å². The molecule has 0 spiro atoms.